The number of carbonyl (C=O) groups excluding carboxylic acids is 2. The first-order valence-corrected chi connectivity index (χ1v) is 23.8. The van der Waals surface area contributed by atoms with E-state index in [1.165, 1.54) is 38.5 Å². The second kappa shape index (κ2) is 35.4. The largest absolute Gasteiger partial charge is 0.462 e. The van der Waals surface area contributed by atoms with Crippen LogP contribution in [-0.2, 0) is 38.7 Å². The smallest absolute Gasteiger partial charge is 0.306 e. The van der Waals surface area contributed by atoms with Gasteiger partial charge in [0.25, 0.3) is 10.1 Å². The number of ether oxygens (including phenoxy) is 4. The molecule has 13 heteroatoms. The van der Waals surface area contributed by atoms with E-state index in [-0.39, 0.29) is 19.4 Å². The summed E-state index contributed by atoms with van der Waals surface area (Å²) in [7, 11) is -4.61. The van der Waals surface area contributed by atoms with Crippen molar-refractivity contribution in [1.29, 1.82) is 0 Å². The number of unbranched alkanes of at least 4 members (excludes halogenated alkanes) is 16. The summed E-state index contributed by atoms with van der Waals surface area (Å²) < 4.78 is 54.0. The first-order valence-electron chi connectivity index (χ1n) is 22.2. The van der Waals surface area contributed by atoms with Gasteiger partial charge < -0.3 is 34.3 Å². The highest BCUT2D eigenvalue weighted by Gasteiger charge is 2.46. The van der Waals surface area contributed by atoms with Crippen LogP contribution in [0.2, 0.25) is 0 Å². The van der Waals surface area contributed by atoms with Gasteiger partial charge >= 0.3 is 11.9 Å². The lowest BCUT2D eigenvalue weighted by molar-refractivity contribution is -0.297. The Labute approximate surface area is 350 Å². The molecule has 1 aliphatic rings. The fourth-order valence-corrected chi connectivity index (χ4v) is 7.07. The molecule has 0 bridgehead atoms. The second-order valence-electron chi connectivity index (χ2n) is 15.4. The van der Waals surface area contributed by atoms with Gasteiger partial charge in [0, 0.05) is 12.8 Å². The second-order valence-corrected chi connectivity index (χ2v) is 16.9. The van der Waals surface area contributed by atoms with Crippen LogP contribution in [0.4, 0.5) is 0 Å². The Morgan fingerprint density at radius 3 is 1.52 bits per heavy atom. The summed E-state index contributed by atoms with van der Waals surface area (Å²) in [6.45, 7) is 3.67. The van der Waals surface area contributed by atoms with E-state index >= 15 is 0 Å². The number of aliphatic hydroxyl groups is 3. The molecule has 1 heterocycles. The molecule has 0 aromatic rings. The highest BCUT2D eigenvalue weighted by molar-refractivity contribution is 7.85. The fraction of sp³-hybridized carbons (Fsp3) is 0.778. The molecule has 0 saturated carbocycles. The van der Waals surface area contributed by atoms with Crippen LogP contribution in [0, 0.1) is 0 Å². The van der Waals surface area contributed by atoms with Gasteiger partial charge in [0.1, 0.15) is 36.8 Å². The zero-order chi connectivity index (χ0) is 42.7. The molecule has 336 valence electrons. The number of allylic oxidation sites excluding steroid dienone is 8. The van der Waals surface area contributed by atoms with Crippen LogP contribution in [-0.4, -0.2) is 96.0 Å². The monoisotopic (exact) mass is 843 g/mol. The van der Waals surface area contributed by atoms with Crippen LogP contribution in [0.15, 0.2) is 48.6 Å². The van der Waals surface area contributed by atoms with Crippen molar-refractivity contribution in [1.82, 2.24) is 0 Å². The Morgan fingerprint density at radius 1 is 0.586 bits per heavy atom. The topological polar surface area (TPSA) is 186 Å². The molecular formula is C45H78O12S. The molecule has 1 aliphatic heterocycles. The summed E-state index contributed by atoms with van der Waals surface area (Å²) in [5, 5.41) is 30.9. The Morgan fingerprint density at radius 2 is 1.03 bits per heavy atom. The summed E-state index contributed by atoms with van der Waals surface area (Å²) in [5.41, 5.74) is 0. The number of esters is 2. The third-order valence-corrected chi connectivity index (χ3v) is 10.6. The quantitative estimate of drug-likeness (QED) is 0.0204. The lowest BCUT2D eigenvalue weighted by Gasteiger charge is -2.40. The SMILES string of the molecule is CCCCC/C=C\C/C=C\CCCCCCCC(=O)OCC(COC1OC(CS(=O)(=O)O)C(O)C(O)C1O)OC(=O)CCCCCCC/C=C\C/C=C\CCCCC. The van der Waals surface area contributed by atoms with Gasteiger partial charge in [-0.25, -0.2) is 0 Å². The molecule has 4 N–H and O–H groups in total. The summed E-state index contributed by atoms with van der Waals surface area (Å²) in [6, 6.07) is 0. The molecule has 0 aromatic carbocycles. The van der Waals surface area contributed by atoms with Gasteiger partial charge in [0.05, 0.1) is 6.61 Å². The lowest BCUT2D eigenvalue weighted by atomic mass is 10.00. The maximum atomic E-state index is 12.8. The van der Waals surface area contributed by atoms with Gasteiger partial charge in [-0.3, -0.25) is 14.1 Å². The Hall–Kier alpha value is -2.39. The molecule has 1 saturated heterocycles. The molecule has 1 fully saturated rings. The minimum Gasteiger partial charge on any atom is -0.462 e. The fourth-order valence-electron chi connectivity index (χ4n) is 6.38. The molecule has 6 unspecified atom stereocenters. The van der Waals surface area contributed by atoms with E-state index in [9.17, 15) is 37.9 Å². The highest BCUT2D eigenvalue weighted by atomic mass is 32.2. The van der Waals surface area contributed by atoms with Gasteiger partial charge in [-0.2, -0.15) is 8.42 Å². The van der Waals surface area contributed by atoms with Crippen LogP contribution >= 0.6 is 0 Å². The van der Waals surface area contributed by atoms with E-state index < -0.39 is 71.2 Å². The van der Waals surface area contributed by atoms with Crippen LogP contribution in [0.3, 0.4) is 0 Å². The molecular weight excluding hydrogens is 765 g/mol. The number of aliphatic hydroxyl groups excluding tert-OH is 3. The van der Waals surface area contributed by atoms with Crippen molar-refractivity contribution in [2.24, 2.45) is 0 Å². The third kappa shape index (κ3) is 29.8. The number of carbonyl (C=O) groups is 2. The Bertz CT molecular complexity index is 1260. The first-order chi connectivity index (χ1) is 28.0. The zero-order valence-electron chi connectivity index (χ0n) is 35.6. The Kier molecular flexibility index (Phi) is 32.7. The molecule has 6 atom stereocenters. The molecule has 1 rings (SSSR count). The molecule has 12 nitrogen and oxygen atoms in total. The van der Waals surface area contributed by atoms with Crippen LogP contribution in [0.5, 0.6) is 0 Å². The molecule has 0 aromatic heterocycles. The predicted molar refractivity (Wildman–Crippen MR) is 229 cm³/mol. The average Bonchev–Trinajstić information content (AvgIpc) is 3.18. The van der Waals surface area contributed by atoms with Crippen molar-refractivity contribution in [2.75, 3.05) is 19.0 Å². The predicted octanol–water partition coefficient (Wildman–Crippen LogP) is 8.78. The van der Waals surface area contributed by atoms with Gasteiger partial charge in [0.15, 0.2) is 12.4 Å². The molecule has 0 aliphatic carbocycles. The van der Waals surface area contributed by atoms with E-state index in [4.69, 9.17) is 18.9 Å². The molecule has 0 radical (unpaired) electrons. The normalized spacial score (nSPS) is 20.8. The average molecular weight is 843 g/mol. The minimum atomic E-state index is -4.61. The van der Waals surface area contributed by atoms with Crippen LogP contribution in [0.1, 0.15) is 168 Å². The van der Waals surface area contributed by atoms with E-state index in [0.717, 1.165) is 89.9 Å². The maximum Gasteiger partial charge on any atom is 0.306 e. The summed E-state index contributed by atoms with van der Waals surface area (Å²) >= 11 is 0. The zero-order valence-corrected chi connectivity index (χ0v) is 36.5. The van der Waals surface area contributed by atoms with Gasteiger partial charge in [-0.15, -0.1) is 0 Å². The Balaban J connectivity index is 2.49. The van der Waals surface area contributed by atoms with Crippen molar-refractivity contribution in [3.05, 3.63) is 48.6 Å². The van der Waals surface area contributed by atoms with E-state index in [1.54, 1.807) is 0 Å². The molecule has 0 spiro atoms. The van der Waals surface area contributed by atoms with Crippen molar-refractivity contribution >= 4 is 22.1 Å². The summed E-state index contributed by atoms with van der Waals surface area (Å²) in [6.07, 6.45) is 31.5. The summed E-state index contributed by atoms with van der Waals surface area (Å²) in [4.78, 5) is 25.4. The number of hydrogen-bond donors (Lipinski definition) is 4. The number of hydrogen-bond acceptors (Lipinski definition) is 11. The number of rotatable bonds is 36. The standard InChI is InChI=1S/C45H78O12S/c1-3-5-7-9-11-13-15-17-19-21-23-25-27-29-31-33-40(46)54-35-38(36-55-45-44(50)43(49)42(48)39(57-45)37-58(51,52)53)56-41(47)34-32-30-28-26-24-22-20-18-16-14-12-10-8-6-4-2/h11-14,17-20,38-39,42-45,48-50H,3-10,15-16,21-37H2,1-2H3,(H,51,52,53)/b13-11-,14-12-,19-17-,20-18-. The van der Waals surface area contributed by atoms with Crippen LogP contribution in [0.25, 0.3) is 0 Å². The van der Waals surface area contributed by atoms with Crippen molar-refractivity contribution in [2.45, 2.75) is 205 Å². The van der Waals surface area contributed by atoms with Crippen molar-refractivity contribution in [3.63, 3.8) is 0 Å². The van der Waals surface area contributed by atoms with Crippen LogP contribution < -0.4 is 0 Å². The van der Waals surface area contributed by atoms with E-state index in [2.05, 4.69) is 62.5 Å². The van der Waals surface area contributed by atoms with E-state index in [1.807, 2.05) is 0 Å². The molecule has 58 heavy (non-hydrogen) atoms. The van der Waals surface area contributed by atoms with Gasteiger partial charge in [0.2, 0.25) is 0 Å². The lowest BCUT2D eigenvalue weighted by Crippen LogP contribution is -2.60. The minimum absolute atomic E-state index is 0.144. The molecule has 0 amide bonds. The maximum absolute atomic E-state index is 12.8. The highest BCUT2D eigenvalue weighted by Crippen LogP contribution is 2.24. The summed E-state index contributed by atoms with van der Waals surface area (Å²) in [5.74, 6) is -2.02. The van der Waals surface area contributed by atoms with E-state index in [0.29, 0.717) is 12.8 Å². The van der Waals surface area contributed by atoms with Crippen molar-refractivity contribution in [3.8, 4) is 0 Å². The first kappa shape index (κ1) is 53.6. The van der Waals surface area contributed by atoms with Gasteiger partial charge in [-0.1, -0.05) is 127 Å². The van der Waals surface area contributed by atoms with Gasteiger partial charge in [-0.05, 0) is 77.0 Å². The van der Waals surface area contributed by atoms with Crippen molar-refractivity contribution < 1.29 is 56.8 Å². The third-order valence-electron chi connectivity index (χ3n) is 9.88.